The Morgan fingerprint density at radius 3 is 2.73 bits per heavy atom. The summed E-state index contributed by atoms with van der Waals surface area (Å²) < 4.78 is 1.79. The Balaban J connectivity index is 2.28. The van der Waals surface area contributed by atoms with Crippen LogP contribution in [0.15, 0.2) is 30.6 Å². The molecule has 0 aliphatic rings. The number of benzene rings is 1. The number of hydrogen-bond donors (Lipinski definition) is 1. The molecule has 0 aliphatic heterocycles. The molecule has 2 aromatic rings. The first-order chi connectivity index (χ1) is 7.16. The molecule has 0 spiro atoms. The minimum atomic E-state index is 1.02. The summed E-state index contributed by atoms with van der Waals surface area (Å²) in [7, 11) is 1.91. The van der Waals surface area contributed by atoms with E-state index in [2.05, 4.69) is 42.5 Å². The lowest BCUT2D eigenvalue weighted by Crippen LogP contribution is -1.93. The molecule has 3 nitrogen and oxygen atoms in total. The Kier molecular flexibility index (Phi) is 2.46. The van der Waals surface area contributed by atoms with Crippen LogP contribution in [0.25, 0.3) is 0 Å². The van der Waals surface area contributed by atoms with Gasteiger partial charge in [-0.25, -0.2) is 0 Å². The number of anilines is 2. The molecule has 0 atom stereocenters. The van der Waals surface area contributed by atoms with Crippen LogP contribution in [0.4, 0.5) is 11.4 Å². The lowest BCUT2D eigenvalue weighted by Gasteiger charge is -2.09. The third kappa shape index (κ3) is 2.01. The summed E-state index contributed by atoms with van der Waals surface area (Å²) in [4.78, 5) is 0. The van der Waals surface area contributed by atoms with Crippen LogP contribution in [0.2, 0.25) is 0 Å². The highest BCUT2D eigenvalue weighted by atomic mass is 15.3. The van der Waals surface area contributed by atoms with Gasteiger partial charge in [-0.1, -0.05) is 12.1 Å². The largest absolute Gasteiger partial charge is 0.353 e. The van der Waals surface area contributed by atoms with Gasteiger partial charge >= 0.3 is 0 Å². The zero-order valence-corrected chi connectivity index (χ0v) is 9.28. The molecular formula is C12H15N3. The van der Waals surface area contributed by atoms with Crippen molar-refractivity contribution in [1.29, 1.82) is 0 Å². The average molecular weight is 201 g/mol. The first-order valence-corrected chi connectivity index (χ1v) is 4.98. The van der Waals surface area contributed by atoms with Crippen LogP contribution in [0, 0.1) is 13.8 Å². The van der Waals surface area contributed by atoms with Crippen LogP contribution in [0.3, 0.4) is 0 Å². The van der Waals surface area contributed by atoms with E-state index in [0.717, 1.165) is 11.4 Å². The maximum atomic E-state index is 4.12. The minimum Gasteiger partial charge on any atom is -0.353 e. The Bertz CT molecular complexity index is 471. The summed E-state index contributed by atoms with van der Waals surface area (Å²) in [6.07, 6.45) is 3.78. The van der Waals surface area contributed by atoms with E-state index < -0.39 is 0 Å². The first-order valence-electron chi connectivity index (χ1n) is 4.98. The van der Waals surface area contributed by atoms with Crippen LogP contribution in [-0.4, -0.2) is 9.78 Å². The second-order valence-corrected chi connectivity index (χ2v) is 3.78. The molecule has 2 rings (SSSR count). The normalized spacial score (nSPS) is 10.3. The van der Waals surface area contributed by atoms with E-state index in [1.165, 1.54) is 11.1 Å². The molecule has 0 saturated heterocycles. The monoisotopic (exact) mass is 201 g/mol. The topological polar surface area (TPSA) is 29.9 Å². The van der Waals surface area contributed by atoms with Gasteiger partial charge in [-0.05, 0) is 31.0 Å². The molecule has 3 heteroatoms. The summed E-state index contributed by atoms with van der Waals surface area (Å²) in [5.41, 5.74) is 4.74. The second-order valence-electron chi connectivity index (χ2n) is 3.78. The Morgan fingerprint density at radius 2 is 2.07 bits per heavy atom. The number of aromatic nitrogens is 2. The van der Waals surface area contributed by atoms with Gasteiger partial charge in [-0.3, -0.25) is 4.68 Å². The fourth-order valence-corrected chi connectivity index (χ4v) is 1.53. The van der Waals surface area contributed by atoms with Gasteiger partial charge in [0.2, 0.25) is 0 Å². The summed E-state index contributed by atoms with van der Waals surface area (Å²) in [6.45, 7) is 4.23. The SMILES string of the molecule is Cc1cccc(Nc2cnn(C)c2)c1C. The first kappa shape index (κ1) is 9.77. The molecule has 0 bridgehead atoms. The summed E-state index contributed by atoms with van der Waals surface area (Å²) in [5.74, 6) is 0. The van der Waals surface area contributed by atoms with Crippen LogP contribution in [0.1, 0.15) is 11.1 Å². The highest BCUT2D eigenvalue weighted by Crippen LogP contribution is 2.21. The molecule has 0 radical (unpaired) electrons. The highest BCUT2D eigenvalue weighted by Gasteiger charge is 2.01. The van der Waals surface area contributed by atoms with Crippen molar-refractivity contribution < 1.29 is 0 Å². The minimum absolute atomic E-state index is 1.02. The van der Waals surface area contributed by atoms with Crippen LogP contribution < -0.4 is 5.32 Å². The zero-order chi connectivity index (χ0) is 10.8. The lowest BCUT2D eigenvalue weighted by atomic mass is 10.1. The molecule has 0 amide bonds. The quantitative estimate of drug-likeness (QED) is 0.809. The van der Waals surface area contributed by atoms with Gasteiger partial charge in [0.1, 0.15) is 0 Å². The smallest absolute Gasteiger partial charge is 0.0770 e. The van der Waals surface area contributed by atoms with Gasteiger partial charge < -0.3 is 5.32 Å². The molecule has 0 fully saturated rings. The van der Waals surface area contributed by atoms with E-state index in [9.17, 15) is 0 Å². The van der Waals surface area contributed by atoms with E-state index in [1.54, 1.807) is 4.68 Å². The molecule has 1 aromatic carbocycles. The third-order valence-corrected chi connectivity index (χ3v) is 2.59. The Hall–Kier alpha value is -1.77. The van der Waals surface area contributed by atoms with Crippen molar-refractivity contribution in [1.82, 2.24) is 9.78 Å². The third-order valence-electron chi connectivity index (χ3n) is 2.59. The van der Waals surface area contributed by atoms with Crippen LogP contribution >= 0.6 is 0 Å². The van der Waals surface area contributed by atoms with Crippen molar-refractivity contribution in [3.8, 4) is 0 Å². The summed E-state index contributed by atoms with van der Waals surface area (Å²) in [5, 5.41) is 7.47. The molecular weight excluding hydrogens is 186 g/mol. The van der Waals surface area contributed by atoms with Gasteiger partial charge in [0.15, 0.2) is 0 Å². The van der Waals surface area contributed by atoms with Crippen molar-refractivity contribution in [2.45, 2.75) is 13.8 Å². The predicted molar refractivity (Wildman–Crippen MR) is 62.4 cm³/mol. The standard InChI is InChI=1S/C12H15N3/c1-9-5-4-6-12(10(9)2)14-11-7-13-15(3)8-11/h4-8,14H,1-3H3. The summed E-state index contributed by atoms with van der Waals surface area (Å²) >= 11 is 0. The van der Waals surface area contributed by atoms with Crippen molar-refractivity contribution >= 4 is 11.4 Å². The van der Waals surface area contributed by atoms with E-state index in [-0.39, 0.29) is 0 Å². The zero-order valence-electron chi connectivity index (χ0n) is 9.28. The number of nitrogens with zero attached hydrogens (tertiary/aromatic N) is 2. The van der Waals surface area contributed by atoms with E-state index in [1.807, 2.05) is 19.4 Å². The maximum absolute atomic E-state index is 4.12. The average Bonchev–Trinajstić information content (AvgIpc) is 2.59. The molecule has 0 unspecified atom stereocenters. The van der Waals surface area contributed by atoms with Gasteiger partial charge in [-0.2, -0.15) is 5.10 Å². The molecule has 1 aromatic heterocycles. The number of aryl methyl sites for hydroxylation is 2. The second kappa shape index (κ2) is 3.77. The van der Waals surface area contributed by atoms with E-state index in [4.69, 9.17) is 0 Å². The lowest BCUT2D eigenvalue weighted by molar-refractivity contribution is 0.768. The van der Waals surface area contributed by atoms with Crippen molar-refractivity contribution in [2.75, 3.05) is 5.32 Å². The van der Waals surface area contributed by atoms with E-state index >= 15 is 0 Å². The molecule has 0 aliphatic carbocycles. The molecule has 1 heterocycles. The Morgan fingerprint density at radius 1 is 1.27 bits per heavy atom. The maximum Gasteiger partial charge on any atom is 0.0770 e. The molecule has 1 N–H and O–H groups in total. The summed E-state index contributed by atoms with van der Waals surface area (Å²) in [6, 6.07) is 6.25. The number of rotatable bonds is 2. The van der Waals surface area contributed by atoms with Crippen molar-refractivity contribution in [2.24, 2.45) is 7.05 Å². The van der Waals surface area contributed by atoms with Crippen LogP contribution in [-0.2, 0) is 7.05 Å². The van der Waals surface area contributed by atoms with Gasteiger partial charge in [0.05, 0.1) is 11.9 Å². The highest BCUT2D eigenvalue weighted by molar-refractivity contribution is 5.63. The number of nitrogens with one attached hydrogen (secondary N) is 1. The van der Waals surface area contributed by atoms with Crippen molar-refractivity contribution in [3.63, 3.8) is 0 Å². The van der Waals surface area contributed by atoms with E-state index in [0.29, 0.717) is 0 Å². The van der Waals surface area contributed by atoms with Gasteiger partial charge in [-0.15, -0.1) is 0 Å². The fraction of sp³-hybridized carbons (Fsp3) is 0.250. The number of hydrogen-bond acceptors (Lipinski definition) is 2. The predicted octanol–water partition coefficient (Wildman–Crippen LogP) is 2.78. The molecule has 78 valence electrons. The van der Waals surface area contributed by atoms with Crippen LogP contribution in [0.5, 0.6) is 0 Å². The van der Waals surface area contributed by atoms with Gasteiger partial charge in [0.25, 0.3) is 0 Å². The Labute approximate surface area is 89.7 Å². The molecule has 0 saturated carbocycles. The molecule has 15 heavy (non-hydrogen) atoms. The van der Waals surface area contributed by atoms with Gasteiger partial charge in [0, 0.05) is 18.9 Å². The fourth-order valence-electron chi connectivity index (χ4n) is 1.53. The van der Waals surface area contributed by atoms with Crippen molar-refractivity contribution in [3.05, 3.63) is 41.7 Å².